The molecule has 0 aliphatic heterocycles. The van der Waals surface area contributed by atoms with Crippen LogP contribution in [0.2, 0.25) is 0 Å². The van der Waals surface area contributed by atoms with E-state index in [0.29, 0.717) is 11.4 Å². The molecule has 3 N–H and O–H groups in total. The Morgan fingerprint density at radius 1 is 1.11 bits per heavy atom. The molecule has 2 aromatic carbocycles. The molecule has 0 amide bonds. The number of carboxylic acids is 1. The first-order chi connectivity index (χ1) is 8.54. The van der Waals surface area contributed by atoms with Gasteiger partial charge in [-0.05, 0) is 30.3 Å². The number of anilines is 2. The molecule has 5 heteroatoms. The van der Waals surface area contributed by atoms with Crippen LogP contribution in [-0.4, -0.2) is 16.2 Å². The Balaban J connectivity index is 2.31. The van der Waals surface area contributed by atoms with E-state index in [4.69, 9.17) is 5.11 Å². The molecule has 2 aromatic rings. The number of hydrogen-bond acceptors (Lipinski definition) is 3. The highest BCUT2D eigenvalue weighted by atomic mass is 19.1. The summed E-state index contributed by atoms with van der Waals surface area (Å²) < 4.78 is 13.2. The molecule has 0 atom stereocenters. The Labute approximate surface area is 102 Å². The summed E-state index contributed by atoms with van der Waals surface area (Å²) >= 11 is 0. The van der Waals surface area contributed by atoms with Crippen LogP contribution in [0.25, 0.3) is 0 Å². The molecule has 0 bridgehead atoms. The minimum absolute atomic E-state index is 0.0647. The van der Waals surface area contributed by atoms with E-state index in [2.05, 4.69) is 5.32 Å². The third kappa shape index (κ3) is 2.76. The summed E-state index contributed by atoms with van der Waals surface area (Å²) in [6.45, 7) is 0. The standard InChI is InChI=1S/C13H10FNO3/c14-9-4-8(13(17)18)5-11(6-9)15-10-2-1-3-12(16)7-10/h1-7,15-16H,(H,17,18). The van der Waals surface area contributed by atoms with E-state index < -0.39 is 11.8 Å². The van der Waals surface area contributed by atoms with Gasteiger partial charge in [-0.15, -0.1) is 0 Å². The second-order valence-electron chi connectivity index (χ2n) is 3.71. The van der Waals surface area contributed by atoms with Crippen molar-refractivity contribution in [2.45, 2.75) is 0 Å². The van der Waals surface area contributed by atoms with Gasteiger partial charge in [0.25, 0.3) is 0 Å². The van der Waals surface area contributed by atoms with Crippen LogP contribution in [-0.2, 0) is 0 Å². The van der Waals surface area contributed by atoms with Gasteiger partial charge in [-0.1, -0.05) is 6.07 Å². The van der Waals surface area contributed by atoms with E-state index >= 15 is 0 Å². The largest absolute Gasteiger partial charge is 0.508 e. The number of halogens is 1. The van der Waals surface area contributed by atoms with Gasteiger partial charge in [-0.3, -0.25) is 0 Å². The molecule has 0 aromatic heterocycles. The van der Waals surface area contributed by atoms with Crippen LogP contribution in [0, 0.1) is 5.82 Å². The Kier molecular flexibility index (Phi) is 3.14. The molecule has 4 nitrogen and oxygen atoms in total. The number of phenols is 1. The lowest BCUT2D eigenvalue weighted by Crippen LogP contribution is -1.99. The van der Waals surface area contributed by atoms with Gasteiger partial charge < -0.3 is 15.5 Å². The smallest absolute Gasteiger partial charge is 0.335 e. The van der Waals surface area contributed by atoms with Gasteiger partial charge in [0.2, 0.25) is 0 Å². The number of nitrogens with one attached hydrogen (secondary N) is 1. The average Bonchev–Trinajstić information content (AvgIpc) is 2.28. The lowest BCUT2D eigenvalue weighted by atomic mass is 10.2. The summed E-state index contributed by atoms with van der Waals surface area (Å²) in [5.41, 5.74) is 0.701. The minimum atomic E-state index is -1.20. The molecule has 0 heterocycles. The zero-order valence-electron chi connectivity index (χ0n) is 9.22. The summed E-state index contributed by atoms with van der Waals surface area (Å²) in [4.78, 5) is 10.8. The first-order valence-corrected chi connectivity index (χ1v) is 5.14. The summed E-state index contributed by atoms with van der Waals surface area (Å²) in [5, 5.41) is 20.9. The minimum Gasteiger partial charge on any atom is -0.508 e. The monoisotopic (exact) mass is 247 g/mol. The molecule has 0 aliphatic rings. The normalized spacial score (nSPS) is 10.1. The molecular weight excluding hydrogens is 237 g/mol. The number of hydrogen-bond donors (Lipinski definition) is 3. The van der Waals surface area contributed by atoms with Crippen LogP contribution in [0.3, 0.4) is 0 Å². The predicted molar refractivity (Wildman–Crippen MR) is 64.7 cm³/mol. The molecule has 0 aliphatic carbocycles. The number of carbonyl (C=O) groups is 1. The van der Waals surface area contributed by atoms with Gasteiger partial charge in [-0.2, -0.15) is 0 Å². The lowest BCUT2D eigenvalue weighted by molar-refractivity contribution is 0.0696. The van der Waals surface area contributed by atoms with E-state index in [0.717, 1.165) is 6.07 Å². The van der Waals surface area contributed by atoms with E-state index in [1.165, 1.54) is 24.3 Å². The highest BCUT2D eigenvalue weighted by molar-refractivity contribution is 5.89. The molecule has 18 heavy (non-hydrogen) atoms. The maximum absolute atomic E-state index is 13.2. The van der Waals surface area contributed by atoms with Gasteiger partial charge in [0.05, 0.1) is 5.56 Å². The van der Waals surface area contributed by atoms with Crippen LogP contribution >= 0.6 is 0 Å². The van der Waals surface area contributed by atoms with Crippen molar-refractivity contribution in [1.82, 2.24) is 0 Å². The predicted octanol–water partition coefficient (Wildman–Crippen LogP) is 2.97. The van der Waals surface area contributed by atoms with Gasteiger partial charge in [0.1, 0.15) is 11.6 Å². The van der Waals surface area contributed by atoms with Crippen LogP contribution < -0.4 is 5.32 Å². The Morgan fingerprint density at radius 2 is 1.89 bits per heavy atom. The molecule has 0 spiro atoms. The summed E-state index contributed by atoms with van der Waals surface area (Å²) in [5.74, 6) is -1.78. The molecule has 0 radical (unpaired) electrons. The van der Waals surface area contributed by atoms with Crippen molar-refractivity contribution >= 4 is 17.3 Å². The van der Waals surface area contributed by atoms with E-state index in [1.54, 1.807) is 12.1 Å². The fraction of sp³-hybridized carbons (Fsp3) is 0. The number of carboxylic acid groups (broad SMARTS) is 1. The quantitative estimate of drug-likeness (QED) is 0.779. The van der Waals surface area contributed by atoms with Crippen molar-refractivity contribution in [2.75, 3.05) is 5.32 Å². The highest BCUT2D eigenvalue weighted by Gasteiger charge is 2.07. The maximum atomic E-state index is 13.2. The molecule has 92 valence electrons. The molecule has 0 saturated heterocycles. The average molecular weight is 247 g/mol. The van der Waals surface area contributed by atoms with Crippen molar-refractivity contribution < 1.29 is 19.4 Å². The van der Waals surface area contributed by atoms with Crippen LogP contribution in [0.1, 0.15) is 10.4 Å². The number of phenolic OH excluding ortho intramolecular Hbond substituents is 1. The van der Waals surface area contributed by atoms with Crippen LogP contribution in [0.15, 0.2) is 42.5 Å². The van der Waals surface area contributed by atoms with Crippen molar-refractivity contribution in [1.29, 1.82) is 0 Å². The van der Waals surface area contributed by atoms with Crippen LogP contribution in [0.4, 0.5) is 15.8 Å². The molecule has 0 saturated carbocycles. The summed E-state index contributed by atoms with van der Waals surface area (Å²) in [6.07, 6.45) is 0. The SMILES string of the molecule is O=C(O)c1cc(F)cc(Nc2cccc(O)c2)c1. The fourth-order valence-electron chi connectivity index (χ4n) is 1.54. The molecule has 0 unspecified atom stereocenters. The molecule has 0 fully saturated rings. The summed E-state index contributed by atoms with van der Waals surface area (Å²) in [7, 11) is 0. The van der Waals surface area contributed by atoms with Gasteiger partial charge in [0, 0.05) is 17.4 Å². The van der Waals surface area contributed by atoms with Gasteiger partial charge in [0.15, 0.2) is 0 Å². The fourth-order valence-corrected chi connectivity index (χ4v) is 1.54. The van der Waals surface area contributed by atoms with E-state index in [9.17, 15) is 14.3 Å². The van der Waals surface area contributed by atoms with Crippen LogP contribution in [0.5, 0.6) is 5.75 Å². The Bertz CT molecular complexity index is 599. The van der Waals surface area contributed by atoms with Crippen molar-refractivity contribution in [2.24, 2.45) is 0 Å². The first-order valence-electron chi connectivity index (χ1n) is 5.14. The van der Waals surface area contributed by atoms with Gasteiger partial charge >= 0.3 is 5.97 Å². The third-order valence-corrected chi connectivity index (χ3v) is 2.28. The van der Waals surface area contributed by atoms with Crippen molar-refractivity contribution in [3.05, 3.63) is 53.8 Å². The van der Waals surface area contributed by atoms with Crippen molar-refractivity contribution in [3.8, 4) is 5.75 Å². The second-order valence-corrected chi connectivity index (χ2v) is 3.71. The summed E-state index contributed by atoms with van der Waals surface area (Å²) in [6, 6.07) is 9.67. The zero-order valence-corrected chi connectivity index (χ0v) is 9.22. The maximum Gasteiger partial charge on any atom is 0.335 e. The highest BCUT2D eigenvalue weighted by Crippen LogP contribution is 2.22. The third-order valence-electron chi connectivity index (χ3n) is 2.28. The lowest BCUT2D eigenvalue weighted by Gasteiger charge is -2.08. The van der Waals surface area contributed by atoms with E-state index in [-0.39, 0.29) is 11.3 Å². The number of benzene rings is 2. The zero-order chi connectivity index (χ0) is 13.1. The number of rotatable bonds is 3. The first kappa shape index (κ1) is 11.9. The van der Waals surface area contributed by atoms with Crippen molar-refractivity contribution in [3.63, 3.8) is 0 Å². The second kappa shape index (κ2) is 4.75. The molecule has 2 rings (SSSR count). The number of aromatic hydroxyl groups is 1. The molecular formula is C13H10FNO3. The van der Waals surface area contributed by atoms with E-state index in [1.807, 2.05) is 0 Å². The Hall–Kier alpha value is -2.56. The number of aromatic carboxylic acids is 1. The topological polar surface area (TPSA) is 69.6 Å². The van der Waals surface area contributed by atoms with Gasteiger partial charge in [-0.25, -0.2) is 9.18 Å². The Morgan fingerprint density at radius 3 is 2.56 bits per heavy atom.